The summed E-state index contributed by atoms with van der Waals surface area (Å²) >= 11 is 0. The van der Waals surface area contributed by atoms with Crippen LogP contribution in [0, 0.1) is 0 Å². The molecule has 0 fully saturated rings. The van der Waals surface area contributed by atoms with Gasteiger partial charge in [-0.25, -0.2) is 9.97 Å². The summed E-state index contributed by atoms with van der Waals surface area (Å²) < 4.78 is 5.85. The molecule has 0 spiro atoms. The molecular weight excluding hydrogens is 214 g/mol. The minimum absolute atomic E-state index is 0.178. The third-order valence-corrected chi connectivity index (χ3v) is 2.66. The molecule has 0 aliphatic carbocycles. The maximum absolute atomic E-state index is 5.85. The molecule has 96 valence electrons. The maximum Gasteiger partial charge on any atom is 0.222 e. The van der Waals surface area contributed by atoms with Crippen molar-refractivity contribution in [2.75, 3.05) is 11.9 Å². The molecule has 0 bridgehead atoms. The Morgan fingerprint density at radius 3 is 2.47 bits per heavy atom. The first-order chi connectivity index (χ1) is 8.10. The van der Waals surface area contributed by atoms with Crippen molar-refractivity contribution in [2.45, 2.75) is 53.1 Å². The van der Waals surface area contributed by atoms with Crippen LogP contribution in [0.25, 0.3) is 0 Å². The van der Waals surface area contributed by atoms with E-state index in [9.17, 15) is 0 Å². The Morgan fingerprint density at radius 1 is 1.24 bits per heavy atom. The lowest BCUT2D eigenvalue weighted by atomic mass is 10.1. The molecule has 1 aromatic heterocycles. The van der Waals surface area contributed by atoms with E-state index in [2.05, 4.69) is 49.9 Å². The van der Waals surface area contributed by atoms with E-state index < -0.39 is 0 Å². The Kier molecular flexibility index (Phi) is 5.19. The number of hydrogen-bond acceptors (Lipinski definition) is 4. The van der Waals surface area contributed by atoms with E-state index in [4.69, 9.17) is 4.74 Å². The summed E-state index contributed by atoms with van der Waals surface area (Å²) in [6.45, 7) is 11.3. The third-order valence-electron chi connectivity index (χ3n) is 2.66. The molecule has 0 saturated heterocycles. The largest absolute Gasteiger partial charge is 0.474 e. The van der Waals surface area contributed by atoms with Gasteiger partial charge in [-0.15, -0.1) is 0 Å². The van der Waals surface area contributed by atoms with E-state index in [-0.39, 0.29) is 6.10 Å². The Morgan fingerprint density at radius 2 is 1.94 bits per heavy atom. The molecule has 1 aromatic rings. The Hall–Kier alpha value is -1.32. The van der Waals surface area contributed by atoms with E-state index in [1.807, 2.05) is 0 Å². The van der Waals surface area contributed by atoms with Crippen molar-refractivity contribution in [3.63, 3.8) is 0 Å². The predicted octanol–water partition coefficient (Wildman–Crippen LogP) is 3.21. The molecule has 4 nitrogen and oxygen atoms in total. The number of nitrogens with one attached hydrogen (secondary N) is 1. The van der Waals surface area contributed by atoms with Crippen LogP contribution in [0.1, 0.15) is 52.5 Å². The van der Waals surface area contributed by atoms with Gasteiger partial charge in [0.05, 0.1) is 11.7 Å². The highest BCUT2D eigenvalue weighted by Crippen LogP contribution is 2.30. The van der Waals surface area contributed by atoms with Crippen LogP contribution in [-0.2, 0) is 0 Å². The fraction of sp³-hybridized carbons (Fsp3) is 0.692. The van der Waals surface area contributed by atoms with Crippen LogP contribution in [-0.4, -0.2) is 22.6 Å². The molecule has 1 unspecified atom stereocenters. The van der Waals surface area contributed by atoms with E-state index in [0.29, 0.717) is 11.8 Å². The van der Waals surface area contributed by atoms with Gasteiger partial charge in [0, 0.05) is 6.54 Å². The van der Waals surface area contributed by atoms with E-state index in [1.165, 1.54) is 0 Å². The van der Waals surface area contributed by atoms with Crippen molar-refractivity contribution in [3.8, 4) is 5.88 Å². The quantitative estimate of drug-likeness (QED) is 0.825. The molecule has 0 saturated carbocycles. The first-order valence-electron chi connectivity index (χ1n) is 6.35. The zero-order chi connectivity index (χ0) is 12.8. The molecule has 1 atom stereocenters. The van der Waals surface area contributed by atoms with Crippen molar-refractivity contribution in [1.82, 2.24) is 9.97 Å². The molecule has 1 heterocycles. The van der Waals surface area contributed by atoms with Gasteiger partial charge < -0.3 is 10.1 Å². The Labute approximate surface area is 104 Å². The summed E-state index contributed by atoms with van der Waals surface area (Å²) in [7, 11) is 0. The molecule has 1 N–H and O–H groups in total. The van der Waals surface area contributed by atoms with Gasteiger partial charge in [-0.3, -0.25) is 0 Å². The number of rotatable bonds is 6. The molecule has 0 amide bonds. The summed E-state index contributed by atoms with van der Waals surface area (Å²) in [6, 6.07) is 0. The lowest BCUT2D eigenvalue weighted by Crippen LogP contribution is -2.15. The van der Waals surface area contributed by atoms with Gasteiger partial charge in [-0.1, -0.05) is 20.8 Å². The van der Waals surface area contributed by atoms with Crippen LogP contribution in [0.2, 0.25) is 0 Å². The lowest BCUT2D eigenvalue weighted by Gasteiger charge is -2.19. The molecule has 0 radical (unpaired) electrons. The minimum Gasteiger partial charge on any atom is -0.474 e. The van der Waals surface area contributed by atoms with Crippen LogP contribution >= 0.6 is 0 Å². The van der Waals surface area contributed by atoms with Gasteiger partial charge >= 0.3 is 0 Å². The summed E-state index contributed by atoms with van der Waals surface area (Å²) in [6.07, 6.45) is 2.71. The minimum atomic E-state index is 0.178. The highest BCUT2D eigenvalue weighted by Gasteiger charge is 2.17. The summed E-state index contributed by atoms with van der Waals surface area (Å²) in [5, 5.41) is 3.26. The maximum atomic E-state index is 5.85. The van der Waals surface area contributed by atoms with Crippen LogP contribution in [0.4, 0.5) is 5.82 Å². The number of anilines is 1. The average molecular weight is 237 g/mol. The fourth-order valence-electron chi connectivity index (χ4n) is 1.58. The van der Waals surface area contributed by atoms with Gasteiger partial charge in [0.25, 0.3) is 0 Å². The Bertz CT molecular complexity index is 353. The van der Waals surface area contributed by atoms with Crippen molar-refractivity contribution in [2.24, 2.45) is 0 Å². The van der Waals surface area contributed by atoms with Gasteiger partial charge in [-0.2, -0.15) is 0 Å². The third kappa shape index (κ3) is 3.58. The monoisotopic (exact) mass is 237 g/mol. The zero-order valence-electron chi connectivity index (χ0n) is 11.4. The predicted molar refractivity (Wildman–Crippen MR) is 70.7 cm³/mol. The number of ether oxygens (including phenoxy) is 1. The topological polar surface area (TPSA) is 47.0 Å². The zero-order valence-corrected chi connectivity index (χ0v) is 11.4. The highest BCUT2D eigenvalue weighted by atomic mass is 16.5. The normalized spacial score (nSPS) is 12.6. The summed E-state index contributed by atoms with van der Waals surface area (Å²) in [5.41, 5.74) is 1.06. The van der Waals surface area contributed by atoms with Gasteiger partial charge in [0.2, 0.25) is 5.88 Å². The Balaban J connectivity index is 3.06. The second-order valence-corrected chi connectivity index (χ2v) is 4.46. The molecule has 0 aromatic carbocycles. The summed E-state index contributed by atoms with van der Waals surface area (Å²) in [4.78, 5) is 8.54. The van der Waals surface area contributed by atoms with Crippen LogP contribution in [0.3, 0.4) is 0 Å². The van der Waals surface area contributed by atoms with E-state index in [1.54, 1.807) is 6.33 Å². The number of aromatic nitrogens is 2. The van der Waals surface area contributed by atoms with Gasteiger partial charge in [0.1, 0.15) is 12.1 Å². The van der Waals surface area contributed by atoms with Crippen LogP contribution < -0.4 is 10.1 Å². The molecule has 4 heteroatoms. The van der Waals surface area contributed by atoms with Crippen molar-refractivity contribution >= 4 is 5.82 Å². The highest BCUT2D eigenvalue weighted by molar-refractivity contribution is 5.50. The molecule has 1 rings (SSSR count). The van der Waals surface area contributed by atoms with E-state index in [0.717, 1.165) is 24.3 Å². The average Bonchev–Trinajstić information content (AvgIpc) is 2.29. The number of nitrogens with zero attached hydrogens (tertiary/aromatic N) is 2. The second-order valence-electron chi connectivity index (χ2n) is 4.46. The van der Waals surface area contributed by atoms with Crippen molar-refractivity contribution in [3.05, 3.63) is 11.9 Å². The molecule has 0 aliphatic rings. The number of hydrogen-bond donors (Lipinski definition) is 1. The fourth-order valence-corrected chi connectivity index (χ4v) is 1.58. The van der Waals surface area contributed by atoms with E-state index >= 15 is 0 Å². The molecule has 0 aliphatic heterocycles. The second kappa shape index (κ2) is 6.42. The van der Waals surface area contributed by atoms with Crippen molar-refractivity contribution < 1.29 is 4.74 Å². The summed E-state index contributed by atoms with van der Waals surface area (Å²) in [5.74, 6) is 1.93. The van der Waals surface area contributed by atoms with Crippen LogP contribution in [0.5, 0.6) is 5.88 Å². The van der Waals surface area contributed by atoms with Gasteiger partial charge in [-0.05, 0) is 26.2 Å². The lowest BCUT2D eigenvalue weighted by molar-refractivity contribution is 0.205. The molecular formula is C13H23N3O. The van der Waals surface area contributed by atoms with Gasteiger partial charge in [0.15, 0.2) is 0 Å². The van der Waals surface area contributed by atoms with Crippen molar-refractivity contribution in [1.29, 1.82) is 0 Å². The first-order valence-corrected chi connectivity index (χ1v) is 6.35. The molecule has 17 heavy (non-hydrogen) atoms. The standard InChI is InChI=1S/C13H23N3O/c1-6-10(5)17-13-11(9(3)4)12(14-7-2)15-8-16-13/h8-10H,6-7H2,1-5H3,(H,14,15,16). The SMILES string of the molecule is CCNc1ncnc(OC(C)CC)c1C(C)C. The first kappa shape index (κ1) is 13.7. The van der Waals surface area contributed by atoms with Crippen LogP contribution in [0.15, 0.2) is 6.33 Å². The smallest absolute Gasteiger partial charge is 0.222 e.